The van der Waals surface area contributed by atoms with Crippen LogP contribution >= 0.6 is 0 Å². The first-order chi connectivity index (χ1) is 15.6. The molecule has 3 N–H and O–H groups in total. The van der Waals surface area contributed by atoms with E-state index in [1.165, 1.54) is 35.0 Å². The normalized spacial score (nSPS) is 12.9. The number of hydrogen-bond acceptors (Lipinski definition) is 5. The number of nitrogens with zero attached hydrogens (tertiary/aromatic N) is 3. The van der Waals surface area contributed by atoms with E-state index in [0.29, 0.717) is 11.1 Å². The van der Waals surface area contributed by atoms with Crippen molar-refractivity contribution in [2.24, 2.45) is 0 Å². The average Bonchev–Trinajstić information content (AvgIpc) is 3.14. The van der Waals surface area contributed by atoms with E-state index in [0.717, 1.165) is 12.1 Å². The number of fused-ring (bicyclic) bond motifs is 1. The van der Waals surface area contributed by atoms with Crippen LogP contribution < -0.4 is 5.56 Å². The highest BCUT2D eigenvalue weighted by atomic mass is 19.4. The molecule has 172 valence electrons. The Kier molecular flexibility index (Phi) is 5.56. The zero-order valence-electron chi connectivity index (χ0n) is 17.2. The summed E-state index contributed by atoms with van der Waals surface area (Å²) in [4.78, 5) is 19.7. The number of rotatable bonds is 5. The van der Waals surface area contributed by atoms with Gasteiger partial charge in [0.1, 0.15) is 23.6 Å². The average molecular weight is 462 g/mol. The van der Waals surface area contributed by atoms with Crippen molar-refractivity contribution in [2.45, 2.75) is 32.2 Å². The Hall–Kier alpha value is -3.89. The van der Waals surface area contributed by atoms with Crippen LogP contribution in [0.1, 0.15) is 41.2 Å². The highest BCUT2D eigenvalue weighted by Gasteiger charge is 2.30. The number of alkyl halides is 4. The molecule has 0 aliphatic heterocycles. The fraction of sp³-hybridized carbons (Fsp3) is 0.227. The maximum atomic E-state index is 13.6. The molecule has 1 atom stereocenters. The third-order valence-electron chi connectivity index (χ3n) is 5.31. The molecule has 0 saturated heterocycles. The fourth-order valence-electron chi connectivity index (χ4n) is 3.57. The van der Waals surface area contributed by atoms with Crippen molar-refractivity contribution in [3.05, 3.63) is 81.0 Å². The van der Waals surface area contributed by atoms with E-state index in [4.69, 9.17) is 0 Å². The summed E-state index contributed by atoms with van der Waals surface area (Å²) in [7, 11) is 0. The summed E-state index contributed by atoms with van der Waals surface area (Å²) in [6.07, 6.45) is -4.39. The Morgan fingerprint density at radius 1 is 1.09 bits per heavy atom. The second kappa shape index (κ2) is 8.23. The molecule has 0 aliphatic carbocycles. The van der Waals surface area contributed by atoms with Crippen LogP contribution in [0, 0.1) is 0 Å². The second-order valence-electron chi connectivity index (χ2n) is 7.53. The number of aromatic hydroxyl groups is 2. The molecular formula is C22H18F4N4O3. The molecule has 2 heterocycles. The lowest BCUT2D eigenvalue weighted by molar-refractivity contribution is -0.137. The molecule has 0 bridgehead atoms. The number of aromatic amines is 1. The number of phenolic OH excluding ortho intramolecular Hbond substituents is 2. The molecule has 0 amide bonds. The largest absolute Gasteiger partial charge is 0.504 e. The maximum Gasteiger partial charge on any atom is 0.416 e. The van der Waals surface area contributed by atoms with Gasteiger partial charge in [0, 0.05) is 6.42 Å². The van der Waals surface area contributed by atoms with E-state index in [1.54, 1.807) is 6.92 Å². The summed E-state index contributed by atoms with van der Waals surface area (Å²) in [5.41, 5.74) is -0.466. The first kappa shape index (κ1) is 22.3. The number of phenols is 2. The van der Waals surface area contributed by atoms with Gasteiger partial charge in [0.2, 0.25) is 0 Å². The SMILES string of the molecule is C[C@@H](c1ccc(C(F)(F)F)cc1)n1nc(CF)c2c(=O)[nH]c(Cc3ccc(O)c(O)c3)nc21. The minimum atomic E-state index is -4.48. The third kappa shape index (κ3) is 4.26. The van der Waals surface area contributed by atoms with Crippen LogP contribution in [-0.4, -0.2) is 30.0 Å². The molecule has 11 heteroatoms. The molecule has 2 aromatic heterocycles. The molecule has 0 unspecified atom stereocenters. The smallest absolute Gasteiger partial charge is 0.416 e. The third-order valence-corrected chi connectivity index (χ3v) is 5.31. The van der Waals surface area contributed by atoms with Crippen LogP contribution in [-0.2, 0) is 19.3 Å². The standard InChI is InChI=1S/C22H18F4N4O3/c1-11(13-3-5-14(6-4-13)22(24,25)26)30-20-19(15(10-23)29-30)21(33)28-18(27-20)9-12-2-7-16(31)17(32)8-12/h2-8,11,31-32H,9-10H2,1H3,(H,27,28,33)/t11-/m0/s1. The first-order valence-electron chi connectivity index (χ1n) is 9.82. The van der Waals surface area contributed by atoms with Crippen molar-refractivity contribution in [1.82, 2.24) is 19.7 Å². The van der Waals surface area contributed by atoms with Gasteiger partial charge in [-0.15, -0.1) is 0 Å². The summed E-state index contributed by atoms with van der Waals surface area (Å²) in [6.45, 7) is 0.622. The van der Waals surface area contributed by atoms with Crippen LogP contribution in [0.5, 0.6) is 11.5 Å². The lowest BCUT2D eigenvalue weighted by Crippen LogP contribution is -2.15. The Bertz CT molecular complexity index is 1380. The Labute approximate surface area is 184 Å². The monoisotopic (exact) mass is 462 g/mol. The molecule has 0 radical (unpaired) electrons. The van der Waals surface area contributed by atoms with Crippen molar-refractivity contribution in [3.63, 3.8) is 0 Å². The zero-order valence-corrected chi connectivity index (χ0v) is 17.2. The van der Waals surface area contributed by atoms with Crippen molar-refractivity contribution < 1.29 is 27.8 Å². The van der Waals surface area contributed by atoms with Gasteiger partial charge in [-0.05, 0) is 42.3 Å². The van der Waals surface area contributed by atoms with Gasteiger partial charge < -0.3 is 15.2 Å². The second-order valence-corrected chi connectivity index (χ2v) is 7.53. The topological polar surface area (TPSA) is 104 Å². The van der Waals surface area contributed by atoms with Gasteiger partial charge in [-0.1, -0.05) is 18.2 Å². The number of hydrogen-bond donors (Lipinski definition) is 3. The number of H-pyrrole nitrogens is 1. The Balaban J connectivity index is 1.77. The number of benzene rings is 2. The molecule has 0 saturated carbocycles. The predicted molar refractivity (Wildman–Crippen MR) is 111 cm³/mol. The lowest BCUT2D eigenvalue weighted by Gasteiger charge is -2.15. The molecule has 4 rings (SSSR count). The molecule has 0 aliphatic rings. The summed E-state index contributed by atoms with van der Waals surface area (Å²) < 4.78 is 53.5. The van der Waals surface area contributed by atoms with E-state index in [1.807, 2.05) is 0 Å². The van der Waals surface area contributed by atoms with Crippen LogP contribution in [0.15, 0.2) is 47.3 Å². The van der Waals surface area contributed by atoms with Gasteiger partial charge >= 0.3 is 6.18 Å². The van der Waals surface area contributed by atoms with Gasteiger partial charge in [0.05, 0.1) is 11.6 Å². The summed E-state index contributed by atoms with van der Waals surface area (Å²) in [6, 6.07) is 7.97. The van der Waals surface area contributed by atoms with Gasteiger partial charge in [0.25, 0.3) is 5.56 Å². The summed E-state index contributed by atoms with van der Waals surface area (Å²) in [5, 5.41) is 23.2. The number of halogens is 4. The van der Waals surface area contributed by atoms with E-state index < -0.39 is 30.0 Å². The minimum absolute atomic E-state index is 0.0476. The quantitative estimate of drug-likeness (QED) is 0.304. The molecule has 4 aromatic rings. The Morgan fingerprint density at radius 2 is 1.79 bits per heavy atom. The van der Waals surface area contributed by atoms with Gasteiger partial charge in [0.15, 0.2) is 17.1 Å². The van der Waals surface area contributed by atoms with Gasteiger partial charge in [-0.3, -0.25) is 4.79 Å². The number of nitrogens with one attached hydrogen (secondary N) is 1. The van der Waals surface area contributed by atoms with Gasteiger partial charge in [-0.25, -0.2) is 14.1 Å². The van der Waals surface area contributed by atoms with Crippen molar-refractivity contribution in [2.75, 3.05) is 0 Å². The highest BCUT2D eigenvalue weighted by Crippen LogP contribution is 2.31. The van der Waals surface area contributed by atoms with Crippen molar-refractivity contribution in [3.8, 4) is 11.5 Å². The van der Waals surface area contributed by atoms with E-state index >= 15 is 0 Å². The van der Waals surface area contributed by atoms with Crippen molar-refractivity contribution in [1.29, 1.82) is 0 Å². The first-order valence-corrected chi connectivity index (χ1v) is 9.82. The van der Waals surface area contributed by atoms with Crippen molar-refractivity contribution >= 4 is 11.0 Å². The van der Waals surface area contributed by atoms with Crippen LogP contribution in [0.2, 0.25) is 0 Å². The predicted octanol–water partition coefficient (Wildman–Crippen LogP) is 4.22. The highest BCUT2D eigenvalue weighted by molar-refractivity contribution is 5.77. The minimum Gasteiger partial charge on any atom is -0.504 e. The summed E-state index contributed by atoms with van der Waals surface area (Å²) >= 11 is 0. The molecular weight excluding hydrogens is 444 g/mol. The molecule has 0 spiro atoms. The van der Waals surface area contributed by atoms with Crippen LogP contribution in [0.25, 0.3) is 11.0 Å². The number of aromatic nitrogens is 4. The molecule has 7 nitrogen and oxygen atoms in total. The van der Waals surface area contributed by atoms with Crippen LogP contribution in [0.4, 0.5) is 17.6 Å². The van der Waals surface area contributed by atoms with E-state index in [9.17, 15) is 32.6 Å². The lowest BCUT2D eigenvalue weighted by atomic mass is 10.1. The molecule has 2 aromatic carbocycles. The fourth-order valence-corrected chi connectivity index (χ4v) is 3.57. The maximum absolute atomic E-state index is 13.6. The zero-order chi connectivity index (χ0) is 23.9. The Morgan fingerprint density at radius 3 is 2.39 bits per heavy atom. The van der Waals surface area contributed by atoms with Crippen LogP contribution in [0.3, 0.4) is 0 Å². The van der Waals surface area contributed by atoms with E-state index in [-0.39, 0.29) is 40.5 Å². The van der Waals surface area contributed by atoms with Gasteiger partial charge in [-0.2, -0.15) is 18.3 Å². The molecule has 33 heavy (non-hydrogen) atoms. The summed E-state index contributed by atoms with van der Waals surface area (Å²) in [5.74, 6) is -0.438. The van der Waals surface area contributed by atoms with E-state index in [2.05, 4.69) is 15.1 Å². The molecule has 0 fully saturated rings.